The minimum absolute atomic E-state index is 0.0714. The number of halogens is 1. The second-order valence-corrected chi connectivity index (χ2v) is 9.02. The van der Waals surface area contributed by atoms with Crippen LogP contribution < -0.4 is 0 Å². The van der Waals surface area contributed by atoms with Gasteiger partial charge in [-0.3, -0.25) is 4.79 Å². The lowest BCUT2D eigenvalue weighted by Crippen LogP contribution is -2.34. The molecule has 4 rings (SSSR count). The van der Waals surface area contributed by atoms with Crippen molar-refractivity contribution in [3.8, 4) is 11.4 Å². The molecule has 0 fully saturated rings. The van der Waals surface area contributed by atoms with Gasteiger partial charge in [-0.1, -0.05) is 96.2 Å². The summed E-state index contributed by atoms with van der Waals surface area (Å²) in [6, 6.07) is 27.9. The first-order chi connectivity index (χ1) is 16.1. The fourth-order valence-corrected chi connectivity index (χ4v) is 4.57. The van der Waals surface area contributed by atoms with Crippen LogP contribution >= 0.6 is 23.4 Å². The highest BCUT2D eigenvalue weighted by Gasteiger charge is 2.18. The van der Waals surface area contributed by atoms with Crippen molar-refractivity contribution in [2.24, 2.45) is 7.05 Å². The summed E-state index contributed by atoms with van der Waals surface area (Å²) in [6.45, 7) is 1.23. The van der Waals surface area contributed by atoms with Crippen molar-refractivity contribution in [3.05, 3.63) is 101 Å². The van der Waals surface area contributed by atoms with Crippen molar-refractivity contribution < 1.29 is 4.79 Å². The molecule has 0 spiro atoms. The Kier molecular flexibility index (Phi) is 7.81. The Hall–Kier alpha value is -3.09. The molecule has 1 amide bonds. The van der Waals surface area contributed by atoms with Gasteiger partial charge in [-0.05, 0) is 29.7 Å². The lowest BCUT2D eigenvalue weighted by atomic mass is 10.1. The van der Waals surface area contributed by atoms with Gasteiger partial charge in [0.1, 0.15) is 0 Å². The number of benzene rings is 3. The molecule has 1 heterocycles. The second kappa shape index (κ2) is 11.2. The summed E-state index contributed by atoms with van der Waals surface area (Å²) >= 11 is 7.71. The molecule has 0 radical (unpaired) electrons. The number of aromatic nitrogens is 3. The van der Waals surface area contributed by atoms with Gasteiger partial charge in [0.25, 0.3) is 0 Å². The summed E-state index contributed by atoms with van der Waals surface area (Å²) in [6.07, 6.45) is 0.810. The molecule has 7 heteroatoms. The van der Waals surface area contributed by atoms with Gasteiger partial charge in [-0.25, -0.2) is 0 Å². The quantitative estimate of drug-likeness (QED) is 0.299. The van der Waals surface area contributed by atoms with Gasteiger partial charge in [-0.15, -0.1) is 10.2 Å². The van der Waals surface area contributed by atoms with Gasteiger partial charge < -0.3 is 9.47 Å². The lowest BCUT2D eigenvalue weighted by Gasteiger charge is -2.23. The minimum Gasteiger partial charge on any atom is -0.337 e. The van der Waals surface area contributed by atoms with Crippen LogP contribution in [0.1, 0.15) is 11.1 Å². The summed E-state index contributed by atoms with van der Waals surface area (Å²) in [4.78, 5) is 15.1. The van der Waals surface area contributed by atoms with Crippen LogP contribution in [-0.4, -0.2) is 37.9 Å². The molecule has 5 nitrogen and oxygen atoms in total. The van der Waals surface area contributed by atoms with Crippen molar-refractivity contribution in [2.75, 3.05) is 12.3 Å². The van der Waals surface area contributed by atoms with Crippen LogP contribution in [0, 0.1) is 0 Å². The third-order valence-electron chi connectivity index (χ3n) is 5.36. The van der Waals surface area contributed by atoms with E-state index in [0.717, 1.165) is 17.5 Å². The van der Waals surface area contributed by atoms with E-state index in [-0.39, 0.29) is 11.7 Å². The molecule has 168 valence electrons. The Balaban J connectivity index is 1.44. The lowest BCUT2D eigenvalue weighted by molar-refractivity contribution is -0.128. The van der Waals surface area contributed by atoms with E-state index in [4.69, 9.17) is 11.6 Å². The third-order valence-corrected chi connectivity index (χ3v) is 6.69. The van der Waals surface area contributed by atoms with Gasteiger partial charge in [0.05, 0.1) is 10.8 Å². The summed E-state index contributed by atoms with van der Waals surface area (Å²) < 4.78 is 1.88. The molecule has 0 unspecified atom stereocenters. The van der Waals surface area contributed by atoms with E-state index >= 15 is 0 Å². The standard InChI is InChI=1S/C26H25ClN4OS/c1-30-25(22-14-8-9-15-23(22)27)28-29-26(30)33-19-24(32)31(18-21-12-6-3-7-13-21)17-16-20-10-4-2-5-11-20/h2-15H,16-19H2,1H3. The SMILES string of the molecule is Cn1c(SCC(=O)N(CCc2ccccc2)Cc2ccccc2)nnc1-c1ccccc1Cl. The van der Waals surface area contributed by atoms with Crippen LogP contribution in [0.5, 0.6) is 0 Å². The van der Waals surface area contributed by atoms with E-state index in [2.05, 4.69) is 34.5 Å². The minimum atomic E-state index is 0.0714. The van der Waals surface area contributed by atoms with E-state index in [1.54, 1.807) is 0 Å². The highest BCUT2D eigenvalue weighted by molar-refractivity contribution is 7.99. The van der Waals surface area contributed by atoms with Crippen LogP contribution in [0.4, 0.5) is 0 Å². The molecule has 1 aromatic heterocycles. The van der Waals surface area contributed by atoms with Crippen LogP contribution in [0.25, 0.3) is 11.4 Å². The maximum Gasteiger partial charge on any atom is 0.233 e. The van der Waals surface area contributed by atoms with E-state index in [0.29, 0.717) is 29.1 Å². The zero-order valence-electron chi connectivity index (χ0n) is 18.4. The maximum absolute atomic E-state index is 13.2. The Labute approximate surface area is 203 Å². The molecule has 0 saturated heterocycles. The molecule has 0 aliphatic carbocycles. The van der Waals surface area contributed by atoms with Crippen molar-refractivity contribution in [1.82, 2.24) is 19.7 Å². The fraction of sp³-hybridized carbons (Fsp3) is 0.192. The van der Waals surface area contributed by atoms with Gasteiger partial charge in [0.2, 0.25) is 5.91 Å². The van der Waals surface area contributed by atoms with Crippen molar-refractivity contribution in [2.45, 2.75) is 18.1 Å². The number of nitrogens with zero attached hydrogens (tertiary/aromatic N) is 4. The maximum atomic E-state index is 13.2. The zero-order valence-corrected chi connectivity index (χ0v) is 20.0. The summed E-state index contributed by atoms with van der Waals surface area (Å²) in [5.41, 5.74) is 3.15. The van der Waals surface area contributed by atoms with E-state index in [1.807, 2.05) is 77.2 Å². The van der Waals surface area contributed by atoms with Crippen LogP contribution in [-0.2, 0) is 24.8 Å². The first-order valence-electron chi connectivity index (χ1n) is 10.7. The summed E-state index contributed by atoms with van der Waals surface area (Å²) in [7, 11) is 1.89. The molecule has 0 bridgehead atoms. The van der Waals surface area contributed by atoms with E-state index < -0.39 is 0 Å². The molecule has 0 aliphatic heterocycles. The van der Waals surface area contributed by atoms with Crippen LogP contribution in [0.2, 0.25) is 5.02 Å². The van der Waals surface area contributed by atoms with Gasteiger partial charge in [0, 0.05) is 25.7 Å². The molecule has 0 atom stereocenters. The van der Waals surface area contributed by atoms with Gasteiger partial charge in [0.15, 0.2) is 11.0 Å². The number of rotatable bonds is 9. The van der Waals surface area contributed by atoms with Gasteiger partial charge in [-0.2, -0.15) is 0 Å². The van der Waals surface area contributed by atoms with Crippen molar-refractivity contribution in [3.63, 3.8) is 0 Å². The highest BCUT2D eigenvalue weighted by Crippen LogP contribution is 2.28. The topological polar surface area (TPSA) is 51.0 Å². The predicted octanol–water partition coefficient (Wildman–Crippen LogP) is 5.50. The predicted molar refractivity (Wildman–Crippen MR) is 134 cm³/mol. The number of hydrogen-bond acceptors (Lipinski definition) is 4. The Morgan fingerprint density at radius 3 is 2.24 bits per heavy atom. The molecule has 0 aliphatic rings. The largest absolute Gasteiger partial charge is 0.337 e. The number of carbonyl (C=O) groups is 1. The van der Waals surface area contributed by atoms with Crippen molar-refractivity contribution in [1.29, 1.82) is 0 Å². The molecular weight excluding hydrogens is 452 g/mol. The number of hydrogen-bond donors (Lipinski definition) is 0. The van der Waals surface area contributed by atoms with E-state index in [9.17, 15) is 4.79 Å². The highest BCUT2D eigenvalue weighted by atomic mass is 35.5. The number of carbonyl (C=O) groups excluding carboxylic acids is 1. The normalized spacial score (nSPS) is 10.8. The molecular formula is C26H25ClN4OS. The number of thioether (sulfide) groups is 1. The smallest absolute Gasteiger partial charge is 0.233 e. The third kappa shape index (κ3) is 6.03. The summed E-state index contributed by atoms with van der Waals surface area (Å²) in [5, 5.41) is 9.89. The number of amides is 1. The molecule has 0 saturated carbocycles. The molecule has 33 heavy (non-hydrogen) atoms. The Bertz CT molecular complexity index is 1200. The summed E-state index contributed by atoms with van der Waals surface area (Å²) in [5.74, 6) is 1.04. The average Bonchev–Trinajstić information content (AvgIpc) is 3.21. The Morgan fingerprint density at radius 1 is 0.909 bits per heavy atom. The van der Waals surface area contributed by atoms with E-state index in [1.165, 1.54) is 17.3 Å². The average molecular weight is 477 g/mol. The van der Waals surface area contributed by atoms with Crippen molar-refractivity contribution >= 4 is 29.3 Å². The second-order valence-electron chi connectivity index (χ2n) is 7.67. The molecule has 0 N–H and O–H groups in total. The first-order valence-corrected chi connectivity index (χ1v) is 12.1. The fourth-order valence-electron chi connectivity index (χ4n) is 3.54. The monoisotopic (exact) mass is 476 g/mol. The molecule has 4 aromatic rings. The first kappa shape index (κ1) is 23.1. The van der Waals surface area contributed by atoms with Crippen LogP contribution in [0.3, 0.4) is 0 Å². The van der Waals surface area contributed by atoms with Crippen LogP contribution in [0.15, 0.2) is 90.1 Å². The zero-order chi connectivity index (χ0) is 23.0. The molecule has 3 aromatic carbocycles. The van der Waals surface area contributed by atoms with Gasteiger partial charge >= 0.3 is 0 Å². The Morgan fingerprint density at radius 2 is 1.55 bits per heavy atom.